The van der Waals surface area contributed by atoms with Crippen molar-refractivity contribution in [2.24, 2.45) is 5.73 Å². The van der Waals surface area contributed by atoms with Crippen molar-refractivity contribution in [1.29, 1.82) is 0 Å². The highest BCUT2D eigenvalue weighted by Crippen LogP contribution is 2.26. The molecule has 0 saturated carbocycles. The van der Waals surface area contributed by atoms with Crippen molar-refractivity contribution in [3.63, 3.8) is 0 Å². The van der Waals surface area contributed by atoms with Crippen molar-refractivity contribution in [1.82, 2.24) is 15.2 Å². The zero-order valence-corrected chi connectivity index (χ0v) is 12.0. The number of nitrogens with one attached hydrogen (secondary N) is 1. The van der Waals surface area contributed by atoms with Gasteiger partial charge in [0.15, 0.2) is 5.60 Å². The summed E-state index contributed by atoms with van der Waals surface area (Å²) in [6, 6.07) is 3.51. The zero-order chi connectivity index (χ0) is 16.2. The summed E-state index contributed by atoms with van der Waals surface area (Å²) in [5.74, 6) is -1.72. The first-order valence-electron chi connectivity index (χ1n) is 6.86. The summed E-state index contributed by atoms with van der Waals surface area (Å²) >= 11 is 0. The van der Waals surface area contributed by atoms with Crippen molar-refractivity contribution in [3.8, 4) is 0 Å². The van der Waals surface area contributed by atoms with Crippen LogP contribution in [-0.4, -0.2) is 51.4 Å². The molecule has 1 unspecified atom stereocenters. The van der Waals surface area contributed by atoms with Gasteiger partial charge in [0, 0.05) is 31.9 Å². The fourth-order valence-electron chi connectivity index (χ4n) is 2.36. The summed E-state index contributed by atoms with van der Waals surface area (Å²) in [5.41, 5.74) is 4.14. The van der Waals surface area contributed by atoms with Gasteiger partial charge >= 0.3 is 0 Å². The molecule has 0 aromatic carbocycles. The molecule has 0 aliphatic carbocycles. The molecule has 1 aliphatic heterocycles. The predicted molar refractivity (Wildman–Crippen MR) is 76.0 cm³/mol. The van der Waals surface area contributed by atoms with E-state index in [0.717, 1.165) is 5.56 Å². The second-order valence-electron chi connectivity index (χ2n) is 5.28. The van der Waals surface area contributed by atoms with Gasteiger partial charge in [0.05, 0.1) is 13.0 Å². The van der Waals surface area contributed by atoms with E-state index < -0.39 is 23.3 Å². The third kappa shape index (κ3) is 3.79. The van der Waals surface area contributed by atoms with Gasteiger partial charge in [-0.1, -0.05) is 0 Å². The maximum atomic E-state index is 12.1. The molecule has 0 radical (unpaired) electrons. The molecule has 8 nitrogen and oxygen atoms in total. The lowest BCUT2D eigenvalue weighted by atomic mass is 9.97. The van der Waals surface area contributed by atoms with E-state index in [2.05, 4.69) is 10.3 Å². The molecule has 8 heteroatoms. The number of aromatic nitrogens is 1. The topological polar surface area (TPSA) is 126 Å². The zero-order valence-electron chi connectivity index (χ0n) is 12.0. The number of nitrogens with two attached hydrogens (primary N) is 1. The maximum absolute atomic E-state index is 12.1. The first-order chi connectivity index (χ1) is 10.4. The molecule has 1 aromatic rings. The Morgan fingerprint density at radius 2 is 2.09 bits per heavy atom. The van der Waals surface area contributed by atoms with Crippen LogP contribution in [0.2, 0.25) is 0 Å². The first-order valence-corrected chi connectivity index (χ1v) is 6.86. The molecular formula is C14H18N4O4. The predicted octanol–water partition coefficient (Wildman–Crippen LogP) is -1.46. The van der Waals surface area contributed by atoms with Gasteiger partial charge in [0.25, 0.3) is 5.91 Å². The number of hydrogen-bond acceptors (Lipinski definition) is 5. The number of rotatable bonds is 6. The number of carbonyl (C=O) groups is 3. The summed E-state index contributed by atoms with van der Waals surface area (Å²) in [5, 5.41) is 12.9. The molecule has 3 amide bonds. The third-order valence-electron chi connectivity index (χ3n) is 3.52. The van der Waals surface area contributed by atoms with E-state index in [1.165, 1.54) is 4.90 Å². The number of amides is 3. The van der Waals surface area contributed by atoms with Crippen LogP contribution in [0.3, 0.4) is 0 Å². The van der Waals surface area contributed by atoms with Gasteiger partial charge in [-0.05, 0) is 17.7 Å². The van der Waals surface area contributed by atoms with Crippen LogP contribution in [0.15, 0.2) is 24.5 Å². The quantitative estimate of drug-likeness (QED) is 0.592. The smallest absolute Gasteiger partial charge is 0.255 e. The lowest BCUT2D eigenvalue weighted by molar-refractivity contribution is -0.148. The number of nitrogens with zero attached hydrogens (tertiary/aromatic N) is 2. The van der Waals surface area contributed by atoms with E-state index in [4.69, 9.17) is 5.73 Å². The Balaban J connectivity index is 1.88. The number of carbonyl (C=O) groups excluding carboxylic acids is 3. The van der Waals surface area contributed by atoms with Gasteiger partial charge in [-0.2, -0.15) is 0 Å². The molecule has 1 saturated heterocycles. The van der Waals surface area contributed by atoms with Gasteiger partial charge in [0.2, 0.25) is 11.8 Å². The Labute approximate surface area is 127 Å². The van der Waals surface area contributed by atoms with Crippen LogP contribution in [0.1, 0.15) is 18.4 Å². The molecule has 0 spiro atoms. The van der Waals surface area contributed by atoms with Crippen molar-refractivity contribution in [2.45, 2.75) is 25.0 Å². The van der Waals surface area contributed by atoms with Crippen molar-refractivity contribution in [2.75, 3.05) is 13.1 Å². The summed E-state index contributed by atoms with van der Waals surface area (Å²) in [6.45, 7) is 0.242. The molecule has 2 heterocycles. The first kappa shape index (κ1) is 15.9. The minimum Gasteiger partial charge on any atom is -0.379 e. The van der Waals surface area contributed by atoms with Gasteiger partial charge in [-0.25, -0.2) is 0 Å². The molecule has 1 aliphatic rings. The molecular weight excluding hydrogens is 288 g/mol. The molecule has 1 aromatic heterocycles. The Bertz CT molecular complexity index is 577. The minimum absolute atomic E-state index is 0.0990. The molecule has 4 N–H and O–H groups in total. The largest absolute Gasteiger partial charge is 0.379 e. The highest BCUT2D eigenvalue weighted by molar-refractivity contribution is 5.94. The van der Waals surface area contributed by atoms with Crippen LogP contribution in [0.4, 0.5) is 0 Å². The van der Waals surface area contributed by atoms with Gasteiger partial charge < -0.3 is 21.1 Å². The Hall–Kier alpha value is -2.48. The summed E-state index contributed by atoms with van der Waals surface area (Å²) in [6.07, 6.45) is 2.97. The van der Waals surface area contributed by atoms with Crippen LogP contribution >= 0.6 is 0 Å². The van der Waals surface area contributed by atoms with Crippen LogP contribution in [-0.2, 0) is 20.9 Å². The average Bonchev–Trinajstić information content (AvgIpc) is 2.74. The van der Waals surface area contributed by atoms with Crippen LogP contribution in [0.5, 0.6) is 0 Å². The maximum Gasteiger partial charge on any atom is 0.255 e. The van der Waals surface area contributed by atoms with Gasteiger partial charge in [0.1, 0.15) is 0 Å². The van der Waals surface area contributed by atoms with E-state index in [1.54, 1.807) is 24.5 Å². The number of aliphatic hydroxyl groups is 1. The molecule has 0 bridgehead atoms. The fraction of sp³-hybridized carbons (Fsp3) is 0.429. The molecule has 22 heavy (non-hydrogen) atoms. The minimum atomic E-state index is -1.77. The summed E-state index contributed by atoms with van der Waals surface area (Å²) in [4.78, 5) is 39.8. The highest BCUT2D eigenvalue weighted by Gasteiger charge is 2.46. The SMILES string of the molecule is NC(=O)CN1CCC(O)(CC(=O)NCc2ccncc2)C1=O. The van der Waals surface area contributed by atoms with E-state index in [-0.39, 0.29) is 32.5 Å². The summed E-state index contributed by atoms with van der Waals surface area (Å²) in [7, 11) is 0. The van der Waals surface area contributed by atoms with E-state index in [1.807, 2.05) is 0 Å². The fourth-order valence-corrected chi connectivity index (χ4v) is 2.36. The second-order valence-corrected chi connectivity index (χ2v) is 5.28. The van der Waals surface area contributed by atoms with Crippen molar-refractivity contribution < 1.29 is 19.5 Å². The van der Waals surface area contributed by atoms with E-state index in [9.17, 15) is 19.5 Å². The number of likely N-dealkylation sites (tertiary alicyclic amines) is 1. The van der Waals surface area contributed by atoms with Crippen LogP contribution in [0, 0.1) is 0 Å². The highest BCUT2D eigenvalue weighted by atomic mass is 16.3. The Morgan fingerprint density at radius 1 is 1.41 bits per heavy atom. The lowest BCUT2D eigenvalue weighted by Crippen LogP contribution is -2.45. The second kappa shape index (κ2) is 6.52. The van der Waals surface area contributed by atoms with Crippen molar-refractivity contribution in [3.05, 3.63) is 30.1 Å². The number of hydrogen-bond donors (Lipinski definition) is 3. The van der Waals surface area contributed by atoms with E-state index in [0.29, 0.717) is 0 Å². The number of primary amides is 1. The van der Waals surface area contributed by atoms with Gasteiger partial charge in [-0.3, -0.25) is 19.4 Å². The molecule has 1 atom stereocenters. The average molecular weight is 306 g/mol. The van der Waals surface area contributed by atoms with Gasteiger partial charge in [-0.15, -0.1) is 0 Å². The standard InChI is InChI=1S/C14H18N4O4/c15-11(19)9-18-6-3-14(22,13(18)21)7-12(20)17-8-10-1-4-16-5-2-10/h1-2,4-5,22H,3,6-9H2,(H2,15,19)(H,17,20). The number of pyridine rings is 1. The Kier molecular flexibility index (Phi) is 4.71. The summed E-state index contributed by atoms with van der Waals surface area (Å²) < 4.78 is 0. The molecule has 118 valence electrons. The lowest BCUT2D eigenvalue weighted by Gasteiger charge is -2.21. The normalized spacial score (nSPS) is 21.0. The third-order valence-corrected chi connectivity index (χ3v) is 3.52. The molecule has 2 rings (SSSR count). The van der Waals surface area contributed by atoms with Crippen LogP contribution in [0.25, 0.3) is 0 Å². The Morgan fingerprint density at radius 3 is 2.73 bits per heavy atom. The van der Waals surface area contributed by atoms with E-state index >= 15 is 0 Å². The van der Waals surface area contributed by atoms with Crippen LogP contribution < -0.4 is 11.1 Å². The van der Waals surface area contributed by atoms with Crippen molar-refractivity contribution >= 4 is 17.7 Å². The monoisotopic (exact) mass is 306 g/mol. The molecule has 1 fully saturated rings.